The molecule has 0 saturated heterocycles. The molecule has 16 heavy (non-hydrogen) atoms. The van der Waals surface area contributed by atoms with E-state index in [1.54, 1.807) is 0 Å². The van der Waals surface area contributed by atoms with E-state index in [4.69, 9.17) is 5.11 Å². The van der Waals surface area contributed by atoms with Gasteiger partial charge in [0.25, 0.3) is 0 Å². The first kappa shape index (κ1) is 14.7. The molecule has 0 spiro atoms. The number of nitrogens with one attached hydrogen (secondary N) is 2. The van der Waals surface area contributed by atoms with Crippen molar-refractivity contribution in [2.24, 2.45) is 5.92 Å². The second kappa shape index (κ2) is 7.92. The van der Waals surface area contributed by atoms with Crippen molar-refractivity contribution in [3.63, 3.8) is 0 Å². The first-order chi connectivity index (χ1) is 7.41. The maximum Gasteiger partial charge on any atom is 0.338 e. The molecular formula is C10H20N2O4. The van der Waals surface area contributed by atoms with E-state index in [0.717, 1.165) is 12.8 Å². The van der Waals surface area contributed by atoms with Crippen molar-refractivity contribution < 1.29 is 19.5 Å². The van der Waals surface area contributed by atoms with Crippen LogP contribution in [0.4, 0.5) is 4.79 Å². The minimum Gasteiger partial charge on any atom is -0.479 e. The minimum absolute atomic E-state index is 0.0378. The zero-order chi connectivity index (χ0) is 12.6. The van der Waals surface area contributed by atoms with Gasteiger partial charge in [0.1, 0.15) is 0 Å². The standard InChI is InChI=1S/C10H20N2O4/c1-7(2)4-5-8(3)11-10(15)12-16-6-9(13)14/h7-8H,4-6H2,1-3H3,(H,13,14)(H2,11,12,15). The van der Waals surface area contributed by atoms with Gasteiger partial charge < -0.3 is 10.4 Å². The lowest BCUT2D eigenvalue weighted by atomic mass is 10.0. The molecule has 0 aromatic heterocycles. The fourth-order valence-electron chi connectivity index (χ4n) is 1.07. The predicted octanol–water partition coefficient (Wildman–Crippen LogP) is 1.13. The zero-order valence-corrected chi connectivity index (χ0v) is 9.95. The molecule has 6 nitrogen and oxygen atoms in total. The van der Waals surface area contributed by atoms with Gasteiger partial charge in [-0.05, 0) is 25.7 Å². The summed E-state index contributed by atoms with van der Waals surface area (Å²) in [5.74, 6) is -0.538. The van der Waals surface area contributed by atoms with Gasteiger partial charge in [0.2, 0.25) is 0 Å². The fraction of sp³-hybridized carbons (Fsp3) is 0.800. The van der Waals surface area contributed by atoms with Gasteiger partial charge in [-0.25, -0.2) is 15.1 Å². The molecule has 0 rings (SSSR count). The van der Waals surface area contributed by atoms with E-state index < -0.39 is 18.6 Å². The molecule has 94 valence electrons. The Balaban J connectivity index is 3.58. The Morgan fingerprint density at radius 2 is 1.88 bits per heavy atom. The topological polar surface area (TPSA) is 87.7 Å². The average molecular weight is 232 g/mol. The number of carbonyl (C=O) groups excluding carboxylic acids is 1. The first-order valence-electron chi connectivity index (χ1n) is 5.32. The molecule has 0 heterocycles. The van der Waals surface area contributed by atoms with E-state index in [9.17, 15) is 9.59 Å². The van der Waals surface area contributed by atoms with Gasteiger partial charge in [-0.1, -0.05) is 13.8 Å². The number of amides is 2. The van der Waals surface area contributed by atoms with Crippen LogP contribution in [0.3, 0.4) is 0 Å². The van der Waals surface area contributed by atoms with Crippen LogP contribution >= 0.6 is 0 Å². The highest BCUT2D eigenvalue weighted by molar-refractivity contribution is 5.73. The largest absolute Gasteiger partial charge is 0.479 e. The number of hydrogen-bond donors (Lipinski definition) is 3. The van der Waals surface area contributed by atoms with Crippen LogP contribution in [-0.4, -0.2) is 29.8 Å². The summed E-state index contributed by atoms with van der Waals surface area (Å²) in [6.45, 7) is 5.57. The number of carbonyl (C=O) groups is 2. The number of hydroxylamine groups is 1. The summed E-state index contributed by atoms with van der Waals surface area (Å²) in [6.07, 6.45) is 1.90. The normalized spacial score (nSPS) is 12.2. The van der Waals surface area contributed by atoms with E-state index >= 15 is 0 Å². The number of rotatable bonds is 7. The molecule has 6 heteroatoms. The molecule has 0 bridgehead atoms. The predicted molar refractivity (Wildman–Crippen MR) is 58.8 cm³/mol. The third-order valence-electron chi connectivity index (χ3n) is 1.92. The monoisotopic (exact) mass is 232 g/mol. The molecule has 1 atom stereocenters. The lowest BCUT2D eigenvalue weighted by Crippen LogP contribution is -2.41. The van der Waals surface area contributed by atoms with Gasteiger partial charge in [0, 0.05) is 6.04 Å². The highest BCUT2D eigenvalue weighted by atomic mass is 16.7. The molecule has 0 saturated carbocycles. The average Bonchev–Trinajstić information content (AvgIpc) is 2.14. The molecule has 0 radical (unpaired) electrons. The Morgan fingerprint density at radius 1 is 1.25 bits per heavy atom. The van der Waals surface area contributed by atoms with E-state index in [0.29, 0.717) is 5.92 Å². The quantitative estimate of drug-likeness (QED) is 0.574. The van der Waals surface area contributed by atoms with Crippen molar-refractivity contribution in [2.45, 2.75) is 39.7 Å². The third kappa shape index (κ3) is 9.26. The van der Waals surface area contributed by atoms with E-state index in [1.807, 2.05) is 12.4 Å². The number of carboxylic acids is 1. The molecule has 1 unspecified atom stereocenters. The van der Waals surface area contributed by atoms with Crippen LogP contribution in [-0.2, 0) is 9.63 Å². The molecule has 2 amide bonds. The highest BCUT2D eigenvalue weighted by Crippen LogP contribution is 2.05. The maximum atomic E-state index is 11.1. The van der Waals surface area contributed by atoms with E-state index in [2.05, 4.69) is 24.0 Å². The summed E-state index contributed by atoms with van der Waals surface area (Å²) in [7, 11) is 0. The smallest absolute Gasteiger partial charge is 0.338 e. The number of carboxylic acid groups (broad SMARTS) is 1. The Bertz CT molecular complexity index is 231. The Kier molecular flexibility index (Phi) is 7.28. The van der Waals surface area contributed by atoms with E-state index in [-0.39, 0.29) is 6.04 Å². The van der Waals surface area contributed by atoms with Crippen LogP contribution in [0.2, 0.25) is 0 Å². The van der Waals surface area contributed by atoms with Gasteiger partial charge in [0.05, 0.1) is 0 Å². The van der Waals surface area contributed by atoms with Gasteiger partial charge in [-0.15, -0.1) is 0 Å². The Hall–Kier alpha value is -1.30. The minimum atomic E-state index is -1.13. The summed E-state index contributed by atoms with van der Waals surface area (Å²) in [5, 5.41) is 10.9. The SMILES string of the molecule is CC(C)CCC(C)NC(=O)NOCC(=O)O. The molecule has 0 aliphatic carbocycles. The first-order valence-corrected chi connectivity index (χ1v) is 5.32. The lowest BCUT2D eigenvalue weighted by molar-refractivity contribution is -0.144. The van der Waals surface area contributed by atoms with Crippen LogP contribution in [0.15, 0.2) is 0 Å². The number of aliphatic carboxylic acids is 1. The van der Waals surface area contributed by atoms with Crippen LogP contribution in [0.5, 0.6) is 0 Å². The molecule has 0 aliphatic heterocycles. The van der Waals surface area contributed by atoms with Crippen LogP contribution in [0.25, 0.3) is 0 Å². The van der Waals surface area contributed by atoms with E-state index in [1.165, 1.54) is 0 Å². The van der Waals surface area contributed by atoms with Crippen LogP contribution in [0, 0.1) is 5.92 Å². The van der Waals surface area contributed by atoms with Crippen molar-refractivity contribution in [1.82, 2.24) is 10.8 Å². The highest BCUT2D eigenvalue weighted by Gasteiger charge is 2.08. The van der Waals surface area contributed by atoms with Gasteiger partial charge in [0.15, 0.2) is 6.61 Å². The second-order valence-corrected chi connectivity index (χ2v) is 4.13. The Morgan fingerprint density at radius 3 is 2.38 bits per heavy atom. The molecule has 3 N–H and O–H groups in total. The number of urea groups is 1. The number of hydrogen-bond acceptors (Lipinski definition) is 3. The van der Waals surface area contributed by atoms with Crippen LogP contribution < -0.4 is 10.8 Å². The summed E-state index contributed by atoms with van der Waals surface area (Å²) in [5.41, 5.74) is 2.00. The second-order valence-electron chi connectivity index (χ2n) is 4.13. The van der Waals surface area contributed by atoms with Gasteiger partial charge in [-0.3, -0.25) is 4.84 Å². The van der Waals surface area contributed by atoms with Crippen molar-refractivity contribution in [1.29, 1.82) is 0 Å². The van der Waals surface area contributed by atoms with Crippen molar-refractivity contribution in [3.8, 4) is 0 Å². The summed E-state index contributed by atoms with van der Waals surface area (Å²) in [4.78, 5) is 25.6. The maximum absolute atomic E-state index is 11.1. The summed E-state index contributed by atoms with van der Waals surface area (Å²) < 4.78 is 0. The third-order valence-corrected chi connectivity index (χ3v) is 1.92. The van der Waals surface area contributed by atoms with Crippen molar-refractivity contribution >= 4 is 12.0 Å². The zero-order valence-electron chi connectivity index (χ0n) is 9.95. The molecule has 0 aromatic carbocycles. The molecule has 0 fully saturated rings. The van der Waals surface area contributed by atoms with Gasteiger partial charge in [-0.2, -0.15) is 0 Å². The summed E-state index contributed by atoms with van der Waals surface area (Å²) in [6, 6.07) is -0.478. The van der Waals surface area contributed by atoms with Crippen molar-refractivity contribution in [3.05, 3.63) is 0 Å². The van der Waals surface area contributed by atoms with Crippen molar-refractivity contribution in [2.75, 3.05) is 6.61 Å². The Labute approximate surface area is 95.3 Å². The molecule has 0 aromatic rings. The fourth-order valence-corrected chi connectivity index (χ4v) is 1.07. The lowest BCUT2D eigenvalue weighted by Gasteiger charge is -2.15. The molecule has 0 aliphatic rings. The molecular weight excluding hydrogens is 212 g/mol. The van der Waals surface area contributed by atoms with Crippen LogP contribution in [0.1, 0.15) is 33.6 Å². The van der Waals surface area contributed by atoms with Gasteiger partial charge >= 0.3 is 12.0 Å². The summed E-state index contributed by atoms with van der Waals surface area (Å²) >= 11 is 0.